The molecule has 0 atom stereocenters. The molecule has 1 amide bonds. The number of rotatable bonds is 8. The molecule has 0 saturated heterocycles. The lowest BCUT2D eigenvalue weighted by molar-refractivity contribution is -0.122. The largest absolute Gasteiger partial charge is 0.495 e. The van der Waals surface area contributed by atoms with E-state index in [-0.39, 0.29) is 22.3 Å². The molecule has 0 aromatic heterocycles. The van der Waals surface area contributed by atoms with Crippen LogP contribution in [0.3, 0.4) is 0 Å². The second-order valence-electron chi connectivity index (χ2n) is 6.34. The maximum absolute atomic E-state index is 12.6. The van der Waals surface area contributed by atoms with Gasteiger partial charge in [0.15, 0.2) is 6.61 Å². The highest BCUT2D eigenvalue weighted by Gasteiger charge is 2.23. The number of amides is 1. The third-order valence-corrected chi connectivity index (χ3v) is 5.54. The van der Waals surface area contributed by atoms with Crippen LogP contribution in [-0.2, 0) is 19.6 Å². The molecule has 0 heterocycles. The molecule has 0 aliphatic heterocycles. The number of methoxy groups -OCH3 is 1. The molecule has 0 spiro atoms. The van der Waals surface area contributed by atoms with Crippen LogP contribution in [0.25, 0.3) is 0 Å². The number of ether oxygens (including phenoxy) is 2. The van der Waals surface area contributed by atoms with Gasteiger partial charge in [-0.3, -0.25) is 4.79 Å². The first-order valence-corrected chi connectivity index (χ1v) is 10.4. The van der Waals surface area contributed by atoms with Gasteiger partial charge in [-0.2, -0.15) is 0 Å². The van der Waals surface area contributed by atoms with Crippen molar-refractivity contribution < 1.29 is 27.5 Å². The van der Waals surface area contributed by atoms with E-state index in [9.17, 15) is 18.0 Å². The Balaban J connectivity index is 2.18. The number of sulfonamides is 1. The van der Waals surface area contributed by atoms with Gasteiger partial charge in [0, 0.05) is 11.7 Å². The number of hydrogen-bond acceptors (Lipinski definition) is 6. The summed E-state index contributed by atoms with van der Waals surface area (Å²) in [6.45, 7) is 3.22. The van der Waals surface area contributed by atoms with Gasteiger partial charge in [-0.25, -0.2) is 17.9 Å². The third kappa shape index (κ3) is 5.33. The van der Waals surface area contributed by atoms with Crippen molar-refractivity contribution in [3.8, 4) is 5.75 Å². The molecule has 0 radical (unpaired) electrons. The molecule has 156 valence electrons. The minimum absolute atomic E-state index is 0.0109. The van der Waals surface area contributed by atoms with Crippen LogP contribution in [-0.4, -0.2) is 47.1 Å². The fourth-order valence-corrected chi connectivity index (χ4v) is 3.64. The number of benzene rings is 2. The average molecular weight is 420 g/mol. The van der Waals surface area contributed by atoms with Gasteiger partial charge >= 0.3 is 5.97 Å². The van der Waals surface area contributed by atoms with Gasteiger partial charge in [-0.05, 0) is 51.2 Å². The van der Waals surface area contributed by atoms with Crippen molar-refractivity contribution in [1.82, 2.24) is 4.72 Å². The number of esters is 1. The van der Waals surface area contributed by atoms with Gasteiger partial charge < -0.3 is 14.4 Å². The molecule has 29 heavy (non-hydrogen) atoms. The van der Waals surface area contributed by atoms with Crippen molar-refractivity contribution in [2.45, 2.75) is 24.8 Å². The van der Waals surface area contributed by atoms with Gasteiger partial charge in [0.2, 0.25) is 10.0 Å². The highest BCUT2D eigenvalue weighted by Crippen LogP contribution is 2.25. The molecule has 2 aromatic rings. The Morgan fingerprint density at radius 3 is 2.31 bits per heavy atom. The molecule has 2 aromatic carbocycles. The first-order chi connectivity index (χ1) is 13.7. The average Bonchev–Trinajstić information content (AvgIpc) is 2.72. The number of anilines is 1. The summed E-state index contributed by atoms with van der Waals surface area (Å²) in [5, 5.41) is 0. The Hall–Kier alpha value is -2.91. The van der Waals surface area contributed by atoms with E-state index in [4.69, 9.17) is 9.47 Å². The Labute approximate surface area is 170 Å². The van der Waals surface area contributed by atoms with E-state index in [1.165, 1.54) is 31.2 Å². The SMILES string of the molecule is CNS(=O)(=O)c1cc(C(=O)OCC(=O)N(c2ccccc2)C(C)C)ccc1OC. The van der Waals surface area contributed by atoms with Crippen LogP contribution in [0.5, 0.6) is 5.75 Å². The van der Waals surface area contributed by atoms with Crippen molar-refractivity contribution in [2.24, 2.45) is 0 Å². The van der Waals surface area contributed by atoms with Crippen molar-refractivity contribution in [3.63, 3.8) is 0 Å². The molecule has 0 fully saturated rings. The van der Waals surface area contributed by atoms with Crippen molar-refractivity contribution >= 4 is 27.6 Å². The zero-order valence-electron chi connectivity index (χ0n) is 16.7. The maximum atomic E-state index is 12.6. The van der Waals surface area contributed by atoms with Crippen LogP contribution in [0.15, 0.2) is 53.4 Å². The summed E-state index contributed by atoms with van der Waals surface area (Å²) in [5.41, 5.74) is 0.679. The van der Waals surface area contributed by atoms with Crippen LogP contribution < -0.4 is 14.4 Å². The quantitative estimate of drug-likeness (QED) is 0.657. The van der Waals surface area contributed by atoms with E-state index in [0.29, 0.717) is 5.69 Å². The molecule has 0 unspecified atom stereocenters. The van der Waals surface area contributed by atoms with Crippen LogP contribution in [0.4, 0.5) is 5.69 Å². The second-order valence-corrected chi connectivity index (χ2v) is 8.20. The van der Waals surface area contributed by atoms with Crippen LogP contribution in [0.2, 0.25) is 0 Å². The number of nitrogens with one attached hydrogen (secondary N) is 1. The first-order valence-electron chi connectivity index (χ1n) is 8.87. The summed E-state index contributed by atoms with van der Waals surface area (Å²) >= 11 is 0. The van der Waals surface area contributed by atoms with E-state index < -0.39 is 28.5 Å². The topological polar surface area (TPSA) is 102 Å². The van der Waals surface area contributed by atoms with Crippen LogP contribution >= 0.6 is 0 Å². The summed E-state index contributed by atoms with van der Waals surface area (Å²) in [6, 6.07) is 12.8. The van der Waals surface area contributed by atoms with Gasteiger partial charge in [0.05, 0.1) is 12.7 Å². The predicted octanol–water partition coefficient (Wildman–Crippen LogP) is 2.20. The lowest BCUT2D eigenvalue weighted by atomic mass is 10.2. The summed E-state index contributed by atoms with van der Waals surface area (Å²) in [6.07, 6.45) is 0. The normalized spacial score (nSPS) is 11.2. The van der Waals surface area contributed by atoms with Crippen molar-refractivity contribution in [2.75, 3.05) is 25.7 Å². The first kappa shape index (κ1) is 22.4. The zero-order valence-corrected chi connectivity index (χ0v) is 17.5. The fraction of sp³-hybridized carbons (Fsp3) is 0.300. The lowest BCUT2D eigenvalue weighted by Crippen LogP contribution is -2.39. The molecular weight excluding hydrogens is 396 g/mol. The molecule has 1 N–H and O–H groups in total. The number of carbonyl (C=O) groups is 2. The number of carbonyl (C=O) groups excluding carboxylic acids is 2. The summed E-state index contributed by atoms with van der Waals surface area (Å²) < 4.78 is 36.6. The second kappa shape index (κ2) is 9.53. The fourth-order valence-electron chi connectivity index (χ4n) is 2.72. The Morgan fingerprint density at radius 1 is 1.10 bits per heavy atom. The summed E-state index contributed by atoms with van der Waals surface area (Å²) in [7, 11) is -1.27. The minimum atomic E-state index is -3.85. The maximum Gasteiger partial charge on any atom is 0.338 e. The standard InChI is InChI=1S/C20H24N2O6S/c1-14(2)22(16-8-6-5-7-9-16)19(23)13-28-20(24)15-10-11-17(27-4)18(12-15)29(25,26)21-3/h5-12,14,21H,13H2,1-4H3. The van der Waals surface area contributed by atoms with E-state index in [0.717, 1.165) is 6.07 Å². The molecule has 2 rings (SSSR count). The zero-order chi connectivity index (χ0) is 21.6. The van der Waals surface area contributed by atoms with Gasteiger partial charge in [-0.1, -0.05) is 18.2 Å². The molecule has 0 bridgehead atoms. The van der Waals surface area contributed by atoms with Crippen molar-refractivity contribution in [1.29, 1.82) is 0 Å². The third-order valence-electron chi connectivity index (χ3n) is 4.10. The lowest BCUT2D eigenvalue weighted by Gasteiger charge is -2.26. The molecule has 8 nitrogen and oxygen atoms in total. The van der Waals surface area contributed by atoms with Crippen LogP contribution in [0, 0.1) is 0 Å². The highest BCUT2D eigenvalue weighted by atomic mass is 32.2. The summed E-state index contributed by atoms with van der Waals surface area (Å²) in [5.74, 6) is -1.12. The Kier molecular flexibility index (Phi) is 7.35. The molecule has 9 heteroatoms. The monoisotopic (exact) mass is 420 g/mol. The Bertz CT molecular complexity index is 974. The molecular formula is C20H24N2O6S. The number of hydrogen-bond donors (Lipinski definition) is 1. The smallest absolute Gasteiger partial charge is 0.338 e. The van der Waals surface area contributed by atoms with Gasteiger partial charge in [0.25, 0.3) is 5.91 Å². The minimum Gasteiger partial charge on any atom is -0.495 e. The Morgan fingerprint density at radius 2 is 1.76 bits per heavy atom. The highest BCUT2D eigenvalue weighted by molar-refractivity contribution is 7.89. The van der Waals surface area contributed by atoms with E-state index >= 15 is 0 Å². The van der Waals surface area contributed by atoms with Crippen LogP contribution in [0.1, 0.15) is 24.2 Å². The number of para-hydroxylation sites is 1. The predicted molar refractivity (Wildman–Crippen MR) is 109 cm³/mol. The molecule has 0 saturated carbocycles. The summed E-state index contributed by atoms with van der Waals surface area (Å²) in [4.78, 5) is 26.3. The molecule has 0 aliphatic carbocycles. The van der Waals surface area contributed by atoms with Gasteiger partial charge in [0.1, 0.15) is 10.6 Å². The van der Waals surface area contributed by atoms with Crippen molar-refractivity contribution in [3.05, 3.63) is 54.1 Å². The van der Waals surface area contributed by atoms with E-state index in [1.54, 1.807) is 12.1 Å². The van der Waals surface area contributed by atoms with Gasteiger partial charge in [-0.15, -0.1) is 0 Å². The van der Waals surface area contributed by atoms with E-state index in [2.05, 4.69) is 4.72 Å². The van der Waals surface area contributed by atoms with E-state index in [1.807, 2.05) is 32.0 Å². The molecule has 0 aliphatic rings. The number of nitrogens with zero attached hydrogens (tertiary/aromatic N) is 1.